The van der Waals surface area contributed by atoms with Gasteiger partial charge >= 0.3 is 0 Å². The number of hydrogen-bond acceptors (Lipinski definition) is 2. The Bertz CT molecular complexity index is 1370. The molecule has 3 nitrogen and oxygen atoms in total. The van der Waals surface area contributed by atoms with Crippen molar-refractivity contribution in [3.63, 3.8) is 0 Å². The van der Waals surface area contributed by atoms with Gasteiger partial charge in [0.15, 0.2) is 11.8 Å². The fourth-order valence-corrected chi connectivity index (χ4v) is 3.72. The summed E-state index contributed by atoms with van der Waals surface area (Å²) < 4.78 is 55.5. The molecule has 144 valence electrons. The minimum Gasteiger partial charge on any atom is -0.437 e. The summed E-state index contributed by atoms with van der Waals surface area (Å²) in [6.45, 7) is 0.0842. The van der Waals surface area contributed by atoms with Gasteiger partial charge in [-0.25, -0.2) is 9.55 Å². The number of benzene rings is 1. The number of hydrogen-bond donors (Lipinski definition) is 0. The summed E-state index contributed by atoms with van der Waals surface area (Å²) in [6.07, 6.45) is 2.74. The fraction of sp³-hybridized carbons (Fsp3) is 0.360. The van der Waals surface area contributed by atoms with Crippen molar-refractivity contribution in [2.75, 3.05) is 0 Å². The molecule has 4 rings (SSSR count). The van der Waals surface area contributed by atoms with Crippen LogP contribution in [0.4, 0.5) is 0 Å². The van der Waals surface area contributed by atoms with E-state index in [9.17, 15) is 0 Å². The maximum atomic E-state index is 7.86. The second kappa shape index (κ2) is 6.73. The van der Waals surface area contributed by atoms with E-state index < -0.39 is 19.1 Å². The van der Waals surface area contributed by atoms with Crippen LogP contribution in [0.15, 0.2) is 47.0 Å². The molecule has 0 N–H and O–H groups in total. The lowest BCUT2D eigenvalue weighted by Crippen LogP contribution is -2.30. The first-order chi connectivity index (χ1) is 15.8. The number of pyridine rings is 2. The number of aromatic nitrogens is 2. The van der Waals surface area contributed by atoms with Crippen LogP contribution in [-0.4, -0.2) is 4.98 Å². The van der Waals surface area contributed by atoms with Gasteiger partial charge in [-0.2, -0.15) is 0 Å². The van der Waals surface area contributed by atoms with Gasteiger partial charge in [0, 0.05) is 36.8 Å². The van der Waals surface area contributed by atoms with Gasteiger partial charge in [-0.15, -0.1) is 0 Å². The second-order valence-corrected chi connectivity index (χ2v) is 7.79. The Morgan fingerprint density at radius 2 is 1.93 bits per heavy atom. The third-order valence-corrected chi connectivity index (χ3v) is 5.19. The van der Waals surface area contributed by atoms with E-state index in [1.54, 1.807) is 6.07 Å². The lowest BCUT2D eigenvalue weighted by Gasteiger charge is -2.16. The molecule has 0 unspecified atom stereocenters. The molecular formula is C25H29N2O+. The zero-order chi connectivity index (χ0) is 25.1. The van der Waals surface area contributed by atoms with Crippen molar-refractivity contribution >= 4 is 22.1 Å². The van der Waals surface area contributed by atoms with Crippen molar-refractivity contribution in [1.82, 2.24) is 4.98 Å². The van der Waals surface area contributed by atoms with E-state index >= 15 is 0 Å². The molecule has 3 aromatic heterocycles. The minimum atomic E-state index is -2.67. The largest absolute Gasteiger partial charge is 0.437 e. The molecule has 0 atom stereocenters. The molecule has 0 fully saturated rings. The van der Waals surface area contributed by atoms with Gasteiger partial charge in [0.05, 0.1) is 5.56 Å². The highest BCUT2D eigenvalue weighted by molar-refractivity contribution is 6.08. The standard InChI is InChI=1S/C25H29N2O/c1-7-17-12-13-27(6)21(14-17)22-16(2)8-10-19-20-11-9-18(15-25(3,4)5)26-24(20)28-23(19)22/h8-14H,7,15H2,1-6H3/q+1/i3D3,4D3. The van der Waals surface area contributed by atoms with E-state index in [0.29, 0.717) is 17.0 Å². The molecule has 0 aliphatic rings. The van der Waals surface area contributed by atoms with Crippen LogP contribution < -0.4 is 4.57 Å². The topological polar surface area (TPSA) is 29.9 Å². The minimum absolute atomic E-state index is 0.216. The average Bonchev–Trinajstić information content (AvgIpc) is 3.10. The van der Waals surface area contributed by atoms with E-state index in [1.165, 1.54) is 12.5 Å². The highest BCUT2D eigenvalue weighted by Crippen LogP contribution is 2.36. The number of furan rings is 1. The van der Waals surface area contributed by atoms with Crippen LogP contribution in [0.3, 0.4) is 0 Å². The monoisotopic (exact) mass is 379 g/mol. The Morgan fingerprint density at radius 3 is 2.68 bits per heavy atom. The van der Waals surface area contributed by atoms with Crippen molar-refractivity contribution in [1.29, 1.82) is 0 Å². The van der Waals surface area contributed by atoms with E-state index in [4.69, 9.17) is 12.6 Å². The maximum Gasteiger partial charge on any atom is 0.227 e. The smallest absolute Gasteiger partial charge is 0.227 e. The summed E-state index contributed by atoms with van der Waals surface area (Å²) in [5, 5.41) is 1.71. The fourth-order valence-electron chi connectivity index (χ4n) is 3.72. The molecule has 0 spiro atoms. The zero-order valence-corrected chi connectivity index (χ0v) is 16.8. The summed E-state index contributed by atoms with van der Waals surface area (Å²) >= 11 is 0. The van der Waals surface area contributed by atoms with Crippen LogP contribution in [0.2, 0.25) is 0 Å². The molecule has 3 heteroatoms. The number of aryl methyl sites for hydroxylation is 3. The van der Waals surface area contributed by atoms with Crippen LogP contribution in [0.1, 0.15) is 52.6 Å². The van der Waals surface area contributed by atoms with Crippen molar-refractivity contribution in [2.24, 2.45) is 12.5 Å². The van der Waals surface area contributed by atoms with Crippen molar-refractivity contribution in [3.8, 4) is 11.3 Å². The third kappa shape index (κ3) is 3.30. The van der Waals surface area contributed by atoms with Gasteiger partial charge < -0.3 is 4.42 Å². The third-order valence-electron chi connectivity index (χ3n) is 5.19. The van der Waals surface area contributed by atoms with E-state index in [2.05, 4.69) is 34.7 Å². The molecule has 28 heavy (non-hydrogen) atoms. The lowest BCUT2D eigenvalue weighted by molar-refractivity contribution is -0.660. The number of fused-ring (bicyclic) bond motifs is 3. The lowest BCUT2D eigenvalue weighted by atomic mass is 9.90. The summed E-state index contributed by atoms with van der Waals surface area (Å²) in [7, 11) is 2.00. The Hall–Kier alpha value is -2.68. The first-order valence-corrected chi connectivity index (χ1v) is 9.57. The highest BCUT2D eigenvalue weighted by atomic mass is 16.3. The summed E-state index contributed by atoms with van der Waals surface area (Å²) in [5.41, 5.74) is 3.80. The van der Waals surface area contributed by atoms with Crippen LogP contribution in [0, 0.1) is 12.3 Å². The average molecular weight is 380 g/mol. The summed E-state index contributed by atoms with van der Waals surface area (Å²) in [5.74, 6) is 0. The van der Waals surface area contributed by atoms with Gasteiger partial charge in [0.25, 0.3) is 0 Å². The highest BCUT2D eigenvalue weighted by Gasteiger charge is 2.22. The number of nitrogens with zero attached hydrogens (tertiary/aromatic N) is 2. The Morgan fingerprint density at radius 1 is 1.14 bits per heavy atom. The van der Waals surface area contributed by atoms with Gasteiger partial charge in [-0.3, -0.25) is 0 Å². The zero-order valence-electron chi connectivity index (χ0n) is 22.8. The van der Waals surface area contributed by atoms with Crippen molar-refractivity contribution < 1.29 is 17.2 Å². The van der Waals surface area contributed by atoms with E-state index in [-0.39, 0.29) is 6.42 Å². The molecule has 0 aliphatic carbocycles. The molecule has 4 aromatic rings. The van der Waals surface area contributed by atoms with Gasteiger partial charge in [-0.1, -0.05) is 39.7 Å². The second-order valence-electron chi connectivity index (χ2n) is 7.79. The van der Waals surface area contributed by atoms with Gasteiger partial charge in [-0.05, 0) is 48.4 Å². The molecule has 1 aromatic carbocycles. The van der Waals surface area contributed by atoms with Gasteiger partial charge in [0.1, 0.15) is 7.05 Å². The van der Waals surface area contributed by atoms with Crippen LogP contribution in [0.5, 0.6) is 0 Å². The molecule has 0 aliphatic heterocycles. The molecule has 0 saturated heterocycles. The summed E-state index contributed by atoms with van der Waals surface area (Å²) in [4.78, 5) is 4.57. The molecule has 0 amide bonds. The van der Waals surface area contributed by atoms with Crippen LogP contribution in [0.25, 0.3) is 33.3 Å². The molecule has 0 radical (unpaired) electrons. The molecular weight excluding hydrogens is 344 g/mol. The summed E-state index contributed by atoms with van der Waals surface area (Å²) in [6, 6.07) is 11.8. The van der Waals surface area contributed by atoms with E-state index in [0.717, 1.165) is 34.0 Å². The molecule has 0 saturated carbocycles. The molecule has 3 heterocycles. The predicted octanol–water partition coefficient (Wildman–Crippen LogP) is 5.93. The normalized spacial score (nSPS) is 16.3. The maximum absolute atomic E-state index is 7.86. The van der Waals surface area contributed by atoms with Crippen molar-refractivity contribution in [3.05, 3.63) is 59.4 Å². The van der Waals surface area contributed by atoms with E-state index in [1.807, 2.05) is 32.3 Å². The Kier molecular flexibility index (Phi) is 3.06. The van der Waals surface area contributed by atoms with Crippen molar-refractivity contribution in [2.45, 2.75) is 47.3 Å². The number of rotatable bonds is 3. The SMILES string of the molecule is [2H]C([2H])([2H])C(C)(Cc1ccc2c(n1)oc1c(-c3cc(CC)cc[n+]3C)c(C)ccc12)C([2H])([2H])[2H]. The predicted molar refractivity (Wildman–Crippen MR) is 115 cm³/mol. The Balaban J connectivity index is 1.90. The van der Waals surface area contributed by atoms with Crippen LogP contribution >= 0.6 is 0 Å². The Labute approximate surface area is 175 Å². The first-order valence-electron chi connectivity index (χ1n) is 12.6. The van der Waals surface area contributed by atoms with Crippen LogP contribution in [-0.2, 0) is 19.9 Å². The molecule has 0 bridgehead atoms. The first kappa shape index (κ1) is 12.7. The quantitative estimate of drug-likeness (QED) is 0.413. The van der Waals surface area contributed by atoms with Gasteiger partial charge in [0.2, 0.25) is 11.4 Å².